The van der Waals surface area contributed by atoms with E-state index in [2.05, 4.69) is 25.8 Å². The third-order valence-electron chi connectivity index (χ3n) is 2.49. The van der Waals surface area contributed by atoms with E-state index in [1.54, 1.807) is 12.1 Å². The second kappa shape index (κ2) is 2.91. The van der Waals surface area contributed by atoms with Crippen LogP contribution in [0.3, 0.4) is 0 Å². The fourth-order valence-electron chi connectivity index (χ4n) is 1.77. The predicted molar refractivity (Wildman–Crippen MR) is 57.0 cm³/mol. The van der Waals surface area contributed by atoms with Crippen LogP contribution in [0.4, 0.5) is 10.1 Å². The zero-order chi connectivity index (χ0) is 10.3. The molecule has 0 aliphatic carbocycles. The smallest absolute Gasteiger partial charge is 0.123 e. The summed E-state index contributed by atoms with van der Waals surface area (Å²) in [6.45, 7) is 6.24. The van der Waals surface area contributed by atoms with Gasteiger partial charge in [0.2, 0.25) is 0 Å². The number of halogens is 1. The number of fused-ring (bicyclic) bond motifs is 1. The Morgan fingerprint density at radius 3 is 2.64 bits per heavy atom. The molecule has 1 aliphatic heterocycles. The van der Waals surface area contributed by atoms with E-state index in [-0.39, 0.29) is 11.2 Å². The van der Waals surface area contributed by atoms with E-state index in [1.807, 2.05) is 6.21 Å². The molecule has 1 heterocycles. The Bertz CT molecular complexity index is 400. The molecule has 0 N–H and O–H groups in total. The van der Waals surface area contributed by atoms with E-state index in [1.165, 1.54) is 0 Å². The summed E-state index contributed by atoms with van der Waals surface area (Å²) in [5.74, 6) is -0.154. The van der Waals surface area contributed by atoms with Gasteiger partial charge in [-0.1, -0.05) is 20.8 Å². The molecule has 0 amide bonds. The minimum atomic E-state index is -0.154. The average Bonchev–Trinajstić information content (AvgIpc) is 2.47. The Labute approximate surface area is 83.7 Å². The molecule has 0 bridgehead atoms. The van der Waals surface area contributed by atoms with Gasteiger partial charge < -0.3 is 0 Å². The van der Waals surface area contributed by atoms with Gasteiger partial charge in [0.15, 0.2) is 0 Å². The molecule has 1 aliphatic rings. The Morgan fingerprint density at radius 1 is 1.29 bits per heavy atom. The lowest BCUT2D eigenvalue weighted by Crippen LogP contribution is -2.12. The average molecular weight is 191 g/mol. The molecule has 1 aromatic carbocycles. The summed E-state index contributed by atoms with van der Waals surface area (Å²) in [6.07, 6.45) is 2.61. The maximum absolute atomic E-state index is 13.3. The van der Waals surface area contributed by atoms with Crippen LogP contribution in [0.1, 0.15) is 31.9 Å². The van der Waals surface area contributed by atoms with E-state index < -0.39 is 0 Å². The van der Waals surface area contributed by atoms with Crippen molar-refractivity contribution in [1.82, 2.24) is 0 Å². The zero-order valence-corrected chi connectivity index (χ0v) is 8.76. The fraction of sp³-hybridized carbons (Fsp3) is 0.417. The Kier molecular flexibility index (Phi) is 1.95. The van der Waals surface area contributed by atoms with Gasteiger partial charge in [-0.2, -0.15) is 0 Å². The van der Waals surface area contributed by atoms with Gasteiger partial charge >= 0.3 is 0 Å². The SMILES string of the molecule is CC(C)(C)c1cc(F)cc2c1N=CC2. The first kappa shape index (κ1) is 9.38. The second-order valence-corrected chi connectivity index (χ2v) is 4.73. The second-order valence-electron chi connectivity index (χ2n) is 4.73. The molecule has 2 rings (SSSR count). The van der Waals surface area contributed by atoms with E-state index in [0.29, 0.717) is 0 Å². The van der Waals surface area contributed by atoms with E-state index >= 15 is 0 Å². The van der Waals surface area contributed by atoms with E-state index in [9.17, 15) is 4.39 Å². The number of benzene rings is 1. The van der Waals surface area contributed by atoms with Crippen molar-refractivity contribution >= 4 is 11.9 Å². The van der Waals surface area contributed by atoms with E-state index in [4.69, 9.17) is 0 Å². The van der Waals surface area contributed by atoms with Crippen LogP contribution in [0, 0.1) is 5.82 Å². The van der Waals surface area contributed by atoms with Gasteiger partial charge in [-0.15, -0.1) is 0 Å². The lowest BCUT2D eigenvalue weighted by atomic mass is 9.84. The lowest BCUT2D eigenvalue weighted by Gasteiger charge is -2.21. The molecule has 1 aromatic rings. The van der Waals surface area contributed by atoms with Crippen molar-refractivity contribution in [3.8, 4) is 0 Å². The first-order valence-electron chi connectivity index (χ1n) is 4.84. The van der Waals surface area contributed by atoms with Crippen LogP contribution in [-0.2, 0) is 11.8 Å². The van der Waals surface area contributed by atoms with Crippen molar-refractivity contribution in [2.45, 2.75) is 32.6 Å². The van der Waals surface area contributed by atoms with Gasteiger partial charge in [0.05, 0.1) is 5.69 Å². The highest BCUT2D eigenvalue weighted by molar-refractivity contribution is 5.78. The van der Waals surface area contributed by atoms with Crippen LogP contribution in [0.15, 0.2) is 17.1 Å². The summed E-state index contributed by atoms with van der Waals surface area (Å²) in [6, 6.07) is 3.18. The Hall–Kier alpha value is -1.18. The molecule has 0 fully saturated rings. The van der Waals surface area contributed by atoms with Gasteiger partial charge in [-0.25, -0.2) is 4.39 Å². The number of nitrogens with zero attached hydrogens (tertiary/aromatic N) is 1. The number of rotatable bonds is 0. The van der Waals surface area contributed by atoms with Crippen LogP contribution >= 0.6 is 0 Å². The first-order chi connectivity index (χ1) is 6.48. The third-order valence-corrected chi connectivity index (χ3v) is 2.49. The maximum Gasteiger partial charge on any atom is 0.123 e. The van der Waals surface area contributed by atoms with Crippen molar-refractivity contribution in [2.75, 3.05) is 0 Å². The third kappa shape index (κ3) is 1.45. The molecule has 0 saturated carbocycles. The molecule has 0 spiro atoms. The highest BCUT2D eigenvalue weighted by Crippen LogP contribution is 2.37. The van der Waals surface area contributed by atoms with Crippen LogP contribution in [-0.4, -0.2) is 6.21 Å². The van der Waals surface area contributed by atoms with Crippen molar-refractivity contribution in [3.63, 3.8) is 0 Å². The first-order valence-corrected chi connectivity index (χ1v) is 4.84. The van der Waals surface area contributed by atoms with Crippen LogP contribution in [0.5, 0.6) is 0 Å². The summed E-state index contributed by atoms with van der Waals surface area (Å²) in [5, 5.41) is 0. The number of hydrogen-bond acceptors (Lipinski definition) is 1. The zero-order valence-electron chi connectivity index (χ0n) is 8.76. The van der Waals surface area contributed by atoms with Crippen molar-refractivity contribution < 1.29 is 4.39 Å². The van der Waals surface area contributed by atoms with Gasteiger partial charge in [0.25, 0.3) is 0 Å². The Balaban J connectivity index is 2.65. The summed E-state index contributed by atoms with van der Waals surface area (Å²) in [5.41, 5.74) is 2.93. The molecule has 0 atom stereocenters. The quantitative estimate of drug-likeness (QED) is 0.596. The molecular formula is C12H14FN. The standard InChI is InChI=1S/C12H14FN/c1-12(2,3)10-7-9(13)6-8-4-5-14-11(8)10/h5-7H,4H2,1-3H3. The largest absolute Gasteiger partial charge is 0.260 e. The summed E-state index contributed by atoms with van der Waals surface area (Å²) in [7, 11) is 0. The molecule has 1 nitrogen and oxygen atoms in total. The summed E-state index contributed by atoms with van der Waals surface area (Å²) < 4.78 is 13.3. The van der Waals surface area contributed by atoms with Gasteiger partial charge in [0.1, 0.15) is 5.82 Å². The molecule has 0 saturated heterocycles. The van der Waals surface area contributed by atoms with Gasteiger partial charge in [-0.05, 0) is 28.7 Å². The minimum Gasteiger partial charge on any atom is -0.260 e. The predicted octanol–water partition coefficient (Wildman–Crippen LogP) is 3.38. The lowest BCUT2D eigenvalue weighted by molar-refractivity contribution is 0.572. The topological polar surface area (TPSA) is 12.4 Å². The summed E-state index contributed by atoms with van der Waals surface area (Å²) in [4.78, 5) is 4.32. The fourth-order valence-corrected chi connectivity index (χ4v) is 1.77. The maximum atomic E-state index is 13.3. The van der Waals surface area contributed by atoms with Gasteiger partial charge in [-0.3, -0.25) is 4.99 Å². The highest BCUT2D eigenvalue weighted by Gasteiger charge is 2.22. The van der Waals surface area contributed by atoms with Crippen molar-refractivity contribution in [2.24, 2.45) is 4.99 Å². The highest BCUT2D eigenvalue weighted by atomic mass is 19.1. The van der Waals surface area contributed by atoms with Crippen molar-refractivity contribution in [1.29, 1.82) is 0 Å². The molecule has 74 valence electrons. The normalized spacial score (nSPS) is 14.6. The molecule has 0 radical (unpaired) electrons. The summed E-state index contributed by atoms with van der Waals surface area (Å²) >= 11 is 0. The monoisotopic (exact) mass is 191 g/mol. The molecule has 2 heteroatoms. The van der Waals surface area contributed by atoms with Crippen LogP contribution in [0.25, 0.3) is 0 Å². The minimum absolute atomic E-state index is 0.0478. The van der Waals surface area contributed by atoms with E-state index in [0.717, 1.165) is 23.2 Å². The molecule has 0 unspecified atom stereocenters. The van der Waals surface area contributed by atoms with Crippen LogP contribution in [0.2, 0.25) is 0 Å². The van der Waals surface area contributed by atoms with Gasteiger partial charge in [0, 0.05) is 12.6 Å². The molecule has 14 heavy (non-hydrogen) atoms. The van der Waals surface area contributed by atoms with Crippen LogP contribution < -0.4 is 0 Å². The van der Waals surface area contributed by atoms with Crippen molar-refractivity contribution in [3.05, 3.63) is 29.1 Å². The molecule has 0 aromatic heterocycles. The number of aliphatic imine (C=N–C) groups is 1. The Morgan fingerprint density at radius 2 is 2.00 bits per heavy atom. The molecular weight excluding hydrogens is 177 g/mol. The number of hydrogen-bond donors (Lipinski definition) is 0.